The summed E-state index contributed by atoms with van der Waals surface area (Å²) in [4.78, 5) is 22.7. The normalized spacial score (nSPS) is 14.9. The van der Waals surface area contributed by atoms with Crippen molar-refractivity contribution in [2.75, 3.05) is 31.1 Å². The molecule has 146 valence electrons. The minimum Gasteiger partial charge on any atom is -0.345 e. The summed E-state index contributed by atoms with van der Waals surface area (Å²) in [7, 11) is 0. The summed E-state index contributed by atoms with van der Waals surface area (Å²) in [6.45, 7) is 5.39. The number of amides is 1. The second-order valence-electron chi connectivity index (χ2n) is 7.13. The van der Waals surface area contributed by atoms with Gasteiger partial charge in [-0.3, -0.25) is 4.79 Å². The molecule has 3 aromatic rings. The van der Waals surface area contributed by atoms with Crippen LogP contribution in [-0.2, 0) is 17.6 Å². The minimum absolute atomic E-state index is 0.224. The molecule has 1 amide bonds. The Labute approximate surface area is 173 Å². The van der Waals surface area contributed by atoms with E-state index in [4.69, 9.17) is 4.98 Å². The zero-order valence-electron chi connectivity index (χ0n) is 16.0. The second kappa shape index (κ2) is 8.84. The number of aryl methyl sites for hydroxylation is 1. The van der Waals surface area contributed by atoms with Crippen LogP contribution in [0.4, 0.5) is 5.13 Å². The molecule has 1 saturated heterocycles. The van der Waals surface area contributed by atoms with E-state index in [1.54, 1.807) is 11.3 Å². The van der Waals surface area contributed by atoms with E-state index in [-0.39, 0.29) is 5.91 Å². The zero-order chi connectivity index (χ0) is 19.3. The Morgan fingerprint density at radius 1 is 1.11 bits per heavy atom. The summed E-state index contributed by atoms with van der Waals surface area (Å²) in [5.74, 6) is 1.10. The molecule has 1 aromatic carbocycles. The van der Waals surface area contributed by atoms with E-state index in [2.05, 4.69) is 40.5 Å². The molecular weight excluding hydrogens is 388 g/mol. The van der Waals surface area contributed by atoms with Crippen molar-refractivity contribution in [1.82, 2.24) is 14.3 Å². The summed E-state index contributed by atoms with van der Waals surface area (Å²) in [6.07, 6.45) is 2.23. The van der Waals surface area contributed by atoms with Crippen LogP contribution in [-0.4, -0.2) is 46.3 Å². The van der Waals surface area contributed by atoms with Crippen LogP contribution in [0.2, 0.25) is 0 Å². The molecule has 0 spiro atoms. The lowest BCUT2D eigenvalue weighted by molar-refractivity contribution is -0.130. The van der Waals surface area contributed by atoms with Crippen molar-refractivity contribution in [3.05, 3.63) is 63.6 Å². The molecule has 4 rings (SSSR count). The van der Waals surface area contributed by atoms with Gasteiger partial charge >= 0.3 is 0 Å². The topological polar surface area (TPSA) is 49.3 Å². The van der Waals surface area contributed by atoms with Crippen LogP contribution < -0.4 is 4.90 Å². The average Bonchev–Trinajstić information content (AvgIpc) is 3.31. The highest BCUT2D eigenvalue weighted by molar-refractivity contribution is 7.10. The number of thiophene rings is 1. The van der Waals surface area contributed by atoms with Gasteiger partial charge < -0.3 is 9.80 Å². The SMILES string of the molecule is Cc1ccc(Cc2nsc(N3CCCN(C(=O)Cc4cccs4)CC3)n2)cc1. The van der Waals surface area contributed by atoms with Gasteiger partial charge in [-0.25, -0.2) is 4.98 Å². The van der Waals surface area contributed by atoms with E-state index in [1.807, 2.05) is 22.4 Å². The molecule has 0 radical (unpaired) electrons. The van der Waals surface area contributed by atoms with Gasteiger partial charge in [-0.2, -0.15) is 4.37 Å². The molecule has 28 heavy (non-hydrogen) atoms. The van der Waals surface area contributed by atoms with E-state index < -0.39 is 0 Å². The van der Waals surface area contributed by atoms with Gasteiger partial charge in [0.1, 0.15) is 5.82 Å². The number of carbonyl (C=O) groups is 1. The fraction of sp³-hybridized carbons (Fsp3) is 0.381. The first kappa shape index (κ1) is 19.1. The third kappa shape index (κ3) is 4.77. The number of nitrogens with zero attached hydrogens (tertiary/aromatic N) is 4. The summed E-state index contributed by atoms with van der Waals surface area (Å²) in [6, 6.07) is 12.6. The van der Waals surface area contributed by atoms with Gasteiger partial charge in [-0.05, 0) is 30.4 Å². The Morgan fingerprint density at radius 3 is 2.75 bits per heavy atom. The highest BCUT2D eigenvalue weighted by Crippen LogP contribution is 2.21. The van der Waals surface area contributed by atoms with Crippen LogP contribution in [0.1, 0.15) is 28.2 Å². The van der Waals surface area contributed by atoms with Gasteiger partial charge in [0.15, 0.2) is 0 Å². The quantitative estimate of drug-likeness (QED) is 0.640. The van der Waals surface area contributed by atoms with Crippen molar-refractivity contribution in [1.29, 1.82) is 0 Å². The molecular formula is C21H24N4OS2. The van der Waals surface area contributed by atoms with Crippen LogP contribution >= 0.6 is 22.9 Å². The van der Waals surface area contributed by atoms with Gasteiger partial charge in [0.25, 0.3) is 0 Å². The van der Waals surface area contributed by atoms with Crippen molar-refractivity contribution in [3.8, 4) is 0 Å². The molecule has 5 nitrogen and oxygen atoms in total. The third-order valence-corrected chi connectivity index (χ3v) is 6.66. The Morgan fingerprint density at radius 2 is 1.96 bits per heavy atom. The van der Waals surface area contributed by atoms with Crippen molar-refractivity contribution >= 4 is 33.9 Å². The van der Waals surface area contributed by atoms with Crippen molar-refractivity contribution in [2.45, 2.75) is 26.2 Å². The van der Waals surface area contributed by atoms with Crippen molar-refractivity contribution in [2.24, 2.45) is 0 Å². The first-order chi connectivity index (χ1) is 13.7. The van der Waals surface area contributed by atoms with Crippen LogP contribution in [0.25, 0.3) is 0 Å². The average molecular weight is 413 g/mol. The van der Waals surface area contributed by atoms with Crippen molar-refractivity contribution < 1.29 is 4.79 Å². The fourth-order valence-corrected chi connectivity index (χ4v) is 4.80. The predicted octanol–water partition coefficient (Wildman–Crippen LogP) is 3.78. The van der Waals surface area contributed by atoms with E-state index >= 15 is 0 Å². The number of hydrogen-bond donors (Lipinski definition) is 0. The molecule has 3 heterocycles. The van der Waals surface area contributed by atoms with Crippen molar-refractivity contribution in [3.63, 3.8) is 0 Å². The highest BCUT2D eigenvalue weighted by Gasteiger charge is 2.21. The molecule has 0 bridgehead atoms. The third-order valence-electron chi connectivity index (χ3n) is 4.96. The molecule has 0 N–H and O–H groups in total. The van der Waals surface area contributed by atoms with Gasteiger partial charge in [-0.15, -0.1) is 11.3 Å². The van der Waals surface area contributed by atoms with Crippen LogP contribution in [0.3, 0.4) is 0 Å². The molecule has 0 aliphatic carbocycles. The maximum Gasteiger partial charge on any atom is 0.227 e. The largest absolute Gasteiger partial charge is 0.345 e. The van der Waals surface area contributed by atoms with E-state index in [0.29, 0.717) is 6.42 Å². The summed E-state index contributed by atoms with van der Waals surface area (Å²) in [5.41, 5.74) is 2.49. The predicted molar refractivity (Wildman–Crippen MR) is 115 cm³/mol. The van der Waals surface area contributed by atoms with E-state index in [1.165, 1.54) is 22.7 Å². The first-order valence-corrected chi connectivity index (χ1v) is 11.3. The Balaban J connectivity index is 1.34. The van der Waals surface area contributed by atoms with Crippen LogP contribution in [0.15, 0.2) is 41.8 Å². The molecule has 0 atom stereocenters. The number of carbonyl (C=O) groups excluding carboxylic acids is 1. The summed E-state index contributed by atoms with van der Waals surface area (Å²) < 4.78 is 4.55. The van der Waals surface area contributed by atoms with E-state index in [0.717, 1.165) is 54.9 Å². The maximum atomic E-state index is 12.6. The van der Waals surface area contributed by atoms with Gasteiger partial charge in [0.05, 0.1) is 6.42 Å². The number of aromatic nitrogens is 2. The van der Waals surface area contributed by atoms with Gasteiger partial charge in [-0.1, -0.05) is 35.9 Å². The van der Waals surface area contributed by atoms with Crippen LogP contribution in [0.5, 0.6) is 0 Å². The van der Waals surface area contributed by atoms with Gasteiger partial charge in [0.2, 0.25) is 11.0 Å². The van der Waals surface area contributed by atoms with E-state index in [9.17, 15) is 4.79 Å². The monoisotopic (exact) mass is 412 g/mol. The zero-order valence-corrected chi connectivity index (χ0v) is 17.6. The Kier molecular flexibility index (Phi) is 6.02. The minimum atomic E-state index is 0.224. The standard InChI is InChI=1S/C21H24N4OS2/c1-16-5-7-17(8-6-16)14-19-22-21(28-23-19)25-10-3-9-24(11-12-25)20(26)15-18-4-2-13-27-18/h2,4-8,13H,3,9-12,14-15H2,1H3. The maximum absolute atomic E-state index is 12.6. The Bertz CT molecular complexity index is 905. The second-order valence-corrected chi connectivity index (χ2v) is 8.90. The summed E-state index contributed by atoms with van der Waals surface area (Å²) >= 11 is 3.11. The smallest absolute Gasteiger partial charge is 0.227 e. The number of rotatable bonds is 5. The lowest BCUT2D eigenvalue weighted by atomic mass is 10.1. The first-order valence-electron chi connectivity index (χ1n) is 9.60. The lowest BCUT2D eigenvalue weighted by Crippen LogP contribution is -2.36. The molecule has 1 fully saturated rings. The van der Waals surface area contributed by atoms with Crippen LogP contribution in [0, 0.1) is 6.92 Å². The summed E-state index contributed by atoms with van der Waals surface area (Å²) in [5, 5.41) is 2.99. The molecule has 1 aliphatic rings. The van der Waals surface area contributed by atoms with Gasteiger partial charge in [0, 0.05) is 49.0 Å². The molecule has 1 aliphatic heterocycles. The highest BCUT2D eigenvalue weighted by atomic mass is 32.1. The fourth-order valence-electron chi connectivity index (χ4n) is 3.37. The molecule has 0 unspecified atom stereocenters. The molecule has 7 heteroatoms. The molecule has 0 saturated carbocycles. The lowest BCUT2D eigenvalue weighted by Gasteiger charge is -2.21. The number of anilines is 1. The number of benzene rings is 1. The number of hydrogen-bond acceptors (Lipinski definition) is 6. The Hall–Kier alpha value is -2.25. The molecule has 2 aromatic heterocycles.